The van der Waals surface area contributed by atoms with Gasteiger partial charge in [-0.25, -0.2) is 0 Å². The van der Waals surface area contributed by atoms with Gasteiger partial charge >= 0.3 is 0 Å². The van der Waals surface area contributed by atoms with Crippen molar-refractivity contribution in [2.75, 3.05) is 60.0 Å². The highest BCUT2D eigenvalue weighted by molar-refractivity contribution is 5.82. The minimum absolute atomic E-state index is 0.154. The normalized spacial score (nSPS) is 21.2. The average molecular weight is 416 g/mol. The maximum absolute atomic E-state index is 12.6. The van der Waals surface area contributed by atoms with E-state index in [2.05, 4.69) is 67.3 Å². The van der Waals surface area contributed by atoms with Crippen LogP contribution in [0.5, 0.6) is 0 Å². The number of aryl methyl sites for hydroxylation is 1. The van der Waals surface area contributed by atoms with Crippen molar-refractivity contribution in [1.82, 2.24) is 20.0 Å². The second kappa shape index (κ2) is 10.8. The number of amides is 1. The third kappa shape index (κ3) is 5.73. The Kier molecular flexibility index (Phi) is 8.10. The number of nitrogens with zero attached hydrogens (tertiary/aromatic N) is 4. The van der Waals surface area contributed by atoms with E-state index in [1.54, 1.807) is 0 Å². The Morgan fingerprint density at radius 2 is 1.87 bits per heavy atom. The van der Waals surface area contributed by atoms with Crippen molar-refractivity contribution in [2.24, 2.45) is 4.99 Å². The van der Waals surface area contributed by atoms with Gasteiger partial charge in [-0.1, -0.05) is 29.8 Å². The van der Waals surface area contributed by atoms with Crippen LogP contribution in [0.15, 0.2) is 29.3 Å². The molecular weight excluding hydrogens is 378 g/mol. The summed E-state index contributed by atoms with van der Waals surface area (Å²) < 4.78 is 5.57. The quantitative estimate of drug-likeness (QED) is 0.568. The van der Waals surface area contributed by atoms with E-state index in [0.29, 0.717) is 13.2 Å². The molecule has 3 rings (SSSR count). The van der Waals surface area contributed by atoms with Crippen LogP contribution in [0.4, 0.5) is 0 Å². The summed E-state index contributed by atoms with van der Waals surface area (Å²) in [5, 5.41) is 3.44. The average Bonchev–Trinajstić information content (AvgIpc) is 3.29. The number of carbonyl (C=O) groups is 1. The predicted molar refractivity (Wildman–Crippen MR) is 121 cm³/mol. The second-order valence-corrected chi connectivity index (χ2v) is 8.40. The Morgan fingerprint density at radius 1 is 1.20 bits per heavy atom. The summed E-state index contributed by atoms with van der Waals surface area (Å²) in [6, 6.07) is 8.92. The first kappa shape index (κ1) is 22.6. The van der Waals surface area contributed by atoms with E-state index < -0.39 is 0 Å². The highest BCUT2D eigenvalue weighted by Gasteiger charge is 2.31. The lowest BCUT2D eigenvalue weighted by atomic mass is 10.0. The van der Waals surface area contributed by atoms with E-state index in [9.17, 15) is 4.79 Å². The van der Waals surface area contributed by atoms with Crippen LogP contribution in [0.2, 0.25) is 0 Å². The molecule has 0 bridgehead atoms. The Labute approximate surface area is 181 Å². The van der Waals surface area contributed by atoms with E-state index in [1.807, 2.05) is 4.90 Å². The van der Waals surface area contributed by atoms with Gasteiger partial charge in [0, 0.05) is 39.3 Å². The van der Waals surface area contributed by atoms with Crippen LogP contribution in [-0.2, 0) is 9.53 Å². The van der Waals surface area contributed by atoms with Gasteiger partial charge in [-0.2, -0.15) is 0 Å². The van der Waals surface area contributed by atoms with Crippen molar-refractivity contribution in [1.29, 1.82) is 0 Å². The zero-order chi connectivity index (χ0) is 21.5. The number of likely N-dealkylation sites (N-methyl/N-ethyl adjacent to an activating group) is 1. The van der Waals surface area contributed by atoms with Crippen LogP contribution < -0.4 is 5.32 Å². The van der Waals surface area contributed by atoms with E-state index in [1.165, 1.54) is 11.1 Å². The molecule has 7 nitrogen and oxygen atoms in total. The van der Waals surface area contributed by atoms with Gasteiger partial charge in [-0.05, 0) is 46.3 Å². The van der Waals surface area contributed by atoms with E-state index in [-0.39, 0.29) is 18.1 Å². The molecule has 30 heavy (non-hydrogen) atoms. The molecule has 0 saturated carbocycles. The first-order valence-electron chi connectivity index (χ1n) is 11.2. The van der Waals surface area contributed by atoms with Crippen LogP contribution in [0.1, 0.15) is 36.9 Å². The predicted octanol–water partition coefficient (Wildman–Crippen LogP) is 1.89. The summed E-state index contributed by atoms with van der Waals surface area (Å²) in [5.74, 6) is 1.09. The molecule has 2 atom stereocenters. The Morgan fingerprint density at radius 3 is 2.43 bits per heavy atom. The monoisotopic (exact) mass is 415 g/mol. The number of guanidine groups is 1. The molecular formula is C23H37N5O2. The largest absolute Gasteiger partial charge is 0.368 e. The van der Waals surface area contributed by atoms with Crippen molar-refractivity contribution < 1.29 is 9.53 Å². The summed E-state index contributed by atoms with van der Waals surface area (Å²) >= 11 is 0. The molecule has 0 aromatic heterocycles. The fraction of sp³-hybridized carbons (Fsp3) is 0.652. The molecule has 2 aliphatic heterocycles. The molecule has 1 amide bonds. The standard InChI is InChI=1S/C23H37N5O2/c1-5-24-23(25-17-20(26(3)4)19-10-8-18(2)9-11-19)28-14-12-27(13-15-28)22(29)21-7-6-16-30-21/h8-11,20-21H,5-7,12-17H2,1-4H3,(H,24,25). The number of ether oxygens (including phenoxy) is 1. The van der Waals surface area contributed by atoms with Gasteiger partial charge in [0.05, 0.1) is 12.6 Å². The van der Waals surface area contributed by atoms with Gasteiger partial charge in [-0.3, -0.25) is 9.79 Å². The Bertz CT molecular complexity index is 705. The van der Waals surface area contributed by atoms with Crippen LogP contribution in [0, 0.1) is 6.92 Å². The molecule has 2 unspecified atom stereocenters. The first-order chi connectivity index (χ1) is 14.5. The Hall–Kier alpha value is -2.12. The van der Waals surface area contributed by atoms with E-state index in [4.69, 9.17) is 9.73 Å². The number of hydrogen-bond donors (Lipinski definition) is 1. The number of carbonyl (C=O) groups excluding carboxylic acids is 1. The fourth-order valence-electron chi connectivity index (χ4n) is 4.07. The van der Waals surface area contributed by atoms with Crippen molar-refractivity contribution in [3.8, 4) is 0 Å². The molecule has 0 radical (unpaired) electrons. The number of aliphatic imine (C=N–C) groups is 1. The van der Waals surface area contributed by atoms with Gasteiger partial charge in [0.1, 0.15) is 6.10 Å². The number of nitrogens with one attached hydrogen (secondary N) is 1. The van der Waals surface area contributed by atoms with Gasteiger partial charge in [-0.15, -0.1) is 0 Å². The molecule has 166 valence electrons. The molecule has 0 spiro atoms. The molecule has 7 heteroatoms. The van der Waals surface area contributed by atoms with Crippen LogP contribution in [0.25, 0.3) is 0 Å². The number of benzene rings is 1. The van der Waals surface area contributed by atoms with Gasteiger partial charge in [0.2, 0.25) is 0 Å². The number of piperazine rings is 1. The third-order valence-corrected chi connectivity index (χ3v) is 5.93. The number of rotatable bonds is 6. The lowest BCUT2D eigenvalue weighted by Crippen LogP contribution is -2.55. The van der Waals surface area contributed by atoms with Crippen LogP contribution >= 0.6 is 0 Å². The maximum atomic E-state index is 12.6. The summed E-state index contributed by atoms with van der Waals surface area (Å²) in [7, 11) is 4.20. The zero-order valence-corrected chi connectivity index (χ0v) is 18.9. The maximum Gasteiger partial charge on any atom is 0.251 e. The molecule has 2 saturated heterocycles. The molecule has 2 heterocycles. The highest BCUT2D eigenvalue weighted by Crippen LogP contribution is 2.20. The molecule has 1 N–H and O–H groups in total. The van der Waals surface area contributed by atoms with E-state index in [0.717, 1.165) is 51.5 Å². The molecule has 1 aromatic rings. The zero-order valence-electron chi connectivity index (χ0n) is 18.9. The molecule has 0 aliphatic carbocycles. The first-order valence-corrected chi connectivity index (χ1v) is 11.2. The van der Waals surface area contributed by atoms with Crippen LogP contribution in [0.3, 0.4) is 0 Å². The van der Waals surface area contributed by atoms with Gasteiger partial charge in [0.25, 0.3) is 5.91 Å². The van der Waals surface area contributed by atoms with Crippen molar-refractivity contribution >= 4 is 11.9 Å². The van der Waals surface area contributed by atoms with Crippen LogP contribution in [-0.4, -0.2) is 92.6 Å². The van der Waals surface area contributed by atoms with Crippen molar-refractivity contribution in [3.63, 3.8) is 0 Å². The molecule has 2 fully saturated rings. The summed E-state index contributed by atoms with van der Waals surface area (Å²) in [4.78, 5) is 24.0. The van der Waals surface area contributed by atoms with E-state index >= 15 is 0 Å². The minimum atomic E-state index is -0.228. The lowest BCUT2D eigenvalue weighted by Gasteiger charge is -2.37. The van der Waals surface area contributed by atoms with Gasteiger partial charge < -0.3 is 24.8 Å². The van der Waals surface area contributed by atoms with Crippen molar-refractivity contribution in [2.45, 2.75) is 38.8 Å². The summed E-state index contributed by atoms with van der Waals surface area (Å²) in [5.41, 5.74) is 2.54. The Balaban J connectivity index is 1.62. The van der Waals surface area contributed by atoms with Gasteiger partial charge in [0.15, 0.2) is 5.96 Å². The molecule has 1 aromatic carbocycles. The molecule has 2 aliphatic rings. The fourth-order valence-corrected chi connectivity index (χ4v) is 4.07. The topological polar surface area (TPSA) is 60.4 Å². The lowest BCUT2D eigenvalue weighted by molar-refractivity contribution is -0.142. The minimum Gasteiger partial charge on any atom is -0.368 e. The smallest absolute Gasteiger partial charge is 0.251 e. The second-order valence-electron chi connectivity index (χ2n) is 8.40. The SMILES string of the molecule is CCNC(=NCC(c1ccc(C)cc1)N(C)C)N1CCN(C(=O)C2CCCO2)CC1. The number of hydrogen-bond acceptors (Lipinski definition) is 4. The summed E-state index contributed by atoms with van der Waals surface area (Å²) in [6.45, 7) is 9.45. The summed E-state index contributed by atoms with van der Waals surface area (Å²) in [6.07, 6.45) is 1.62. The third-order valence-electron chi connectivity index (χ3n) is 5.93. The highest BCUT2D eigenvalue weighted by atomic mass is 16.5. The van der Waals surface area contributed by atoms with Crippen molar-refractivity contribution in [3.05, 3.63) is 35.4 Å².